The van der Waals surface area contributed by atoms with Gasteiger partial charge in [-0.2, -0.15) is 0 Å². The van der Waals surface area contributed by atoms with Gasteiger partial charge in [0.2, 0.25) is 0 Å². The van der Waals surface area contributed by atoms with Crippen LogP contribution in [0.5, 0.6) is 5.75 Å². The van der Waals surface area contributed by atoms with Crippen LogP contribution in [0.4, 0.5) is 0 Å². The van der Waals surface area contributed by atoms with Crippen LogP contribution in [-0.2, 0) is 4.79 Å². The van der Waals surface area contributed by atoms with Crippen molar-refractivity contribution < 1.29 is 9.53 Å². The summed E-state index contributed by atoms with van der Waals surface area (Å²) < 4.78 is 5.91. The molecule has 0 aromatic heterocycles. The zero-order valence-electron chi connectivity index (χ0n) is 14.5. The van der Waals surface area contributed by atoms with E-state index < -0.39 is 5.60 Å². The van der Waals surface area contributed by atoms with Gasteiger partial charge in [-0.1, -0.05) is 39.3 Å². The molecule has 1 aromatic rings. The summed E-state index contributed by atoms with van der Waals surface area (Å²) in [5, 5.41) is 0.651. The summed E-state index contributed by atoms with van der Waals surface area (Å²) in [4.78, 5) is 14.8. The van der Waals surface area contributed by atoms with Crippen molar-refractivity contribution in [3.8, 4) is 5.75 Å². The van der Waals surface area contributed by atoms with Gasteiger partial charge in [0.1, 0.15) is 5.75 Å². The van der Waals surface area contributed by atoms with E-state index in [0.717, 1.165) is 13.1 Å². The molecule has 4 heteroatoms. The average molecular weight is 326 g/mol. The summed E-state index contributed by atoms with van der Waals surface area (Å²) in [6.45, 7) is 13.6. The van der Waals surface area contributed by atoms with Crippen LogP contribution in [0.1, 0.15) is 41.5 Å². The number of rotatable bonds is 7. The van der Waals surface area contributed by atoms with E-state index in [-0.39, 0.29) is 5.91 Å². The average Bonchev–Trinajstić information content (AvgIpc) is 2.38. The van der Waals surface area contributed by atoms with Gasteiger partial charge in [0, 0.05) is 18.1 Å². The van der Waals surface area contributed by atoms with Gasteiger partial charge < -0.3 is 9.64 Å². The molecule has 0 aliphatic carbocycles. The first-order valence-electron chi connectivity index (χ1n) is 7.85. The fourth-order valence-electron chi connectivity index (χ4n) is 2.34. The Labute approximate surface area is 139 Å². The summed E-state index contributed by atoms with van der Waals surface area (Å²) in [5.41, 5.74) is -0.905. The first-order valence-corrected chi connectivity index (χ1v) is 8.23. The van der Waals surface area contributed by atoms with E-state index in [1.807, 2.05) is 18.7 Å². The van der Waals surface area contributed by atoms with Crippen molar-refractivity contribution in [2.45, 2.75) is 47.1 Å². The maximum Gasteiger partial charge on any atom is 0.266 e. The van der Waals surface area contributed by atoms with Crippen molar-refractivity contribution in [3.05, 3.63) is 29.3 Å². The van der Waals surface area contributed by atoms with Crippen LogP contribution < -0.4 is 4.74 Å². The van der Waals surface area contributed by atoms with Crippen molar-refractivity contribution in [1.82, 2.24) is 4.90 Å². The van der Waals surface area contributed by atoms with Crippen molar-refractivity contribution in [2.75, 3.05) is 13.1 Å². The summed E-state index contributed by atoms with van der Waals surface area (Å²) in [6, 6.07) is 7.09. The van der Waals surface area contributed by atoms with E-state index in [1.165, 1.54) is 0 Å². The number of hydrogen-bond acceptors (Lipinski definition) is 2. The zero-order valence-corrected chi connectivity index (χ0v) is 15.3. The lowest BCUT2D eigenvalue weighted by molar-refractivity contribution is -0.146. The molecule has 1 aromatic carbocycles. The number of halogens is 1. The molecule has 0 spiro atoms. The monoisotopic (exact) mass is 325 g/mol. The van der Waals surface area contributed by atoms with Gasteiger partial charge in [-0.15, -0.1) is 0 Å². The minimum Gasteiger partial charge on any atom is -0.478 e. The fourth-order valence-corrected chi connectivity index (χ4v) is 2.47. The summed E-state index contributed by atoms with van der Waals surface area (Å²) in [7, 11) is 0. The molecule has 0 heterocycles. The first kappa shape index (κ1) is 18.8. The van der Waals surface area contributed by atoms with E-state index in [0.29, 0.717) is 22.6 Å². The van der Waals surface area contributed by atoms with E-state index in [4.69, 9.17) is 16.3 Å². The Hall–Kier alpha value is -1.22. The lowest BCUT2D eigenvalue weighted by Crippen LogP contribution is -2.51. The molecule has 0 radical (unpaired) electrons. The Morgan fingerprint density at radius 1 is 1.09 bits per heavy atom. The molecule has 1 rings (SSSR count). The van der Waals surface area contributed by atoms with Crippen LogP contribution in [0.2, 0.25) is 5.02 Å². The van der Waals surface area contributed by atoms with Crippen LogP contribution in [0.25, 0.3) is 0 Å². The highest BCUT2D eigenvalue weighted by molar-refractivity contribution is 6.30. The third-order valence-corrected chi connectivity index (χ3v) is 3.41. The van der Waals surface area contributed by atoms with E-state index in [2.05, 4.69) is 27.7 Å². The lowest BCUT2D eigenvalue weighted by atomic mass is 10.0. The molecule has 0 saturated carbocycles. The predicted molar refractivity (Wildman–Crippen MR) is 92.4 cm³/mol. The maximum atomic E-state index is 12.9. The molecule has 0 fully saturated rings. The Morgan fingerprint density at radius 3 is 1.95 bits per heavy atom. The Kier molecular flexibility index (Phi) is 6.73. The van der Waals surface area contributed by atoms with Crippen LogP contribution in [0, 0.1) is 11.8 Å². The summed E-state index contributed by atoms with van der Waals surface area (Å²) in [5.74, 6) is 1.52. The Morgan fingerprint density at radius 2 is 1.55 bits per heavy atom. The van der Waals surface area contributed by atoms with Crippen LogP contribution in [0.3, 0.4) is 0 Å². The van der Waals surface area contributed by atoms with Crippen molar-refractivity contribution in [3.63, 3.8) is 0 Å². The largest absolute Gasteiger partial charge is 0.478 e. The highest BCUT2D eigenvalue weighted by Gasteiger charge is 2.34. The molecule has 1 amide bonds. The normalized spacial score (nSPS) is 11.9. The minimum absolute atomic E-state index is 0.0184. The van der Waals surface area contributed by atoms with E-state index in [9.17, 15) is 4.79 Å². The maximum absolute atomic E-state index is 12.9. The standard InChI is InChI=1S/C18H28ClNO2/c1-13(2)11-20(12-14(3)4)17(21)18(5,6)22-16-9-7-15(19)8-10-16/h7-10,13-14H,11-12H2,1-6H3. The topological polar surface area (TPSA) is 29.5 Å². The van der Waals surface area contributed by atoms with Crippen LogP contribution in [-0.4, -0.2) is 29.5 Å². The SMILES string of the molecule is CC(C)CN(CC(C)C)C(=O)C(C)(C)Oc1ccc(Cl)cc1. The van der Waals surface area contributed by atoms with Crippen LogP contribution >= 0.6 is 11.6 Å². The van der Waals surface area contributed by atoms with Crippen molar-refractivity contribution in [1.29, 1.82) is 0 Å². The quantitative estimate of drug-likeness (QED) is 0.731. The number of carbonyl (C=O) groups is 1. The lowest BCUT2D eigenvalue weighted by Gasteiger charge is -2.34. The Bertz CT molecular complexity index is 470. The molecule has 0 unspecified atom stereocenters. The second kappa shape index (κ2) is 7.87. The van der Waals surface area contributed by atoms with Gasteiger partial charge in [0.05, 0.1) is 0 Å². The second-order valence-electron chi connectivity index (χ2n) is 7.06. The van der Waals surface area contributed by atoms with Crippen molar-refractivity contribution in [2.24, 2.45) is 11.8 Å². The molecule has 0 bridgehead atoms. The van der Waals surface area contributed by atoms with E-state index >= 15 is 0 Å². The number of hydrogen-bond donors (Lipinski definition) is 0. The third-order valence-electron chi connectivity index (χ3n) is 3.16. The van der Waals surface area contributed by atoms with Gasteiger partial charge >= 0.3 is 0 Å². The molecule has 124 valence electrons. The highest BCUT2D eigenvalue weighted by atomic mass is 35.5. The predicted octanol–water partition coefficient (Wildman–Crippen LogP) is 4.64. The molecule has 0 aliphatic heterocycles. The summed E-state index contributed by atoms with van der Waals surface area (Å²) in [6.07, 6.45) is 0. The fraction of sp³-hybridized carbons (Fsp3) is 0.611. The Balaban J connectivity index is 2.86. The summed E-state index contributed by atoms with van der Waals surface area (Å²) >= 11 is 5.88. The molecule has 0 N–H and O–H groups in total. The molecule has 0 saturated heterocycles. The number of amides is 1. The van der Waals surface area contributed by atoms with E-state index in [1.54, 1.807) is 24.3 Å². The molecule has 0 atom stereocenters. The zero-order chi connectivity index (χ0) is 16.9. The molecular formula is C18H28ClNO2. The smallest absolute Gasteiger partial charge is 0.266 e. The molecule has 0 aliphatic rings. The molecular weight excluding hydrogens is 298 g/mol. The van der Waals surface area contributed by atoms with Gasteiger partial charge in [0.25, 0.3) is 5.91 Å². The van der Waals surface area contributed by atoms with Crippen molar-refractivity contribution >= 4 is 17.5 Å². The molecule has 22 heavy (non-hydrogen) atoms. The number of benzene rings is 1. The molecule has 3 nitrogen and oxygen atoms in total. The van der Waals surface area contributed by atoms with Gasteiger partial charge in [-0.3, -0.25) is 4.79 Å². The first-order chi connectivity index (χ1) is 10.1. The van der Waals surface area contributed by atoms with Gasteiger partial charge in [0.15, 0.2) is 5.60 Å². The third kappa shape index (κ3) is 5.88. The number of nitrogens with zero attached hydrogens (tertiary/aromatic N) is 1. The number of ether oxygens (including phenoxy) is 1. The highest BCUT2D eigenvalue weighted by Crippen LogP contribution is 2.23. The second-order valence-corrected chi connectivity index (χ2v) is 7.50. The van der Waals surface area contributed by atoms with Gasteiger partial charge in [-0.05, 0) is 49.9 Å². The number of carbonyl (C=O) groups excluding carboxylic acids is 1. The van der Waals surface area contributed by atoms with Gasteiger partial charge in [-0.25, -0.2) is 0 Å². The minimum atomic E-state index is -0.905. The van der Waals surface area contributed by atoms with Crippen LogP contribution in [0.15, 0.2) is 24.3 Å².